The van der Waals surface area contributed by atoms with Crippen LogP contribution in [0, 0.1) is 6.85 Å². The molecule has 0 saturated carbocycles. The Morgan fingerprint density at radius 1 is 0.566 bits per heavy atom. The third kappa shape index (κ3) is 9.62. The number of benzene rings is 8. The second kappa shape index (κ2) is 19.4. The molecule has 76 heavy (non-hydrogen) atoms. The summed E-state index contributed by atoms with van der Waals surface area (Å²) in [6.07, 6.45) is 1.46. The number of rotatable bonds is 10. The van der Waals surface area contributed by atoms with Crippen molar-refractivity contribution in [3.8, 4) is 50.7 Å². The lowest BCUT2D eigenvalue weighted by atomic mass is 9.78. The first-order valence-corrected chi connectivity index (χ1v) is 25.9. The fraction of sp³-hybridized carbons (Fsp3) is 0.217. The molecule has 1 aliphatic rings. The van der Waals surface area contributed by atoms with Crippen LogP contribution < -0.4 is 14.7 Å². The minimum Gasteiger partial charge on any atom is -0.457 e. The first-order chi connectivity index (χ1) is 39.3. The van der Waals surface area contributed by atoms with Crippen LogP contribution >= 0.6 is 0 Å². The molecule has 0 aliphatic carbocycles. The van der Waals surface area contributed by atoms with Crippen molar-refractivity contribution in [3.63, 3.8) is 0 Å². The summed E-state index contributed by atoms with van der Waals surface area (Å²) in [5.74, 6) is 0.859. The topological polar surface area (TPSA) is 59.8 Å². The van der Waals surface area contributed by atoms with Gasteiger partial charge in [-0.15, -0.1) is 0 Å². The van der Waals surface area contributed by atoms with Crippen molar-refractivity contribution in [2.24, 2.45) is 0 Å². The van der Waals surface area contributed by atoms with Crippen molar-refractivity contribution < 1.29 is 24.0 Å². The molecule has 0 atom stereocenters. The second-order valence-corrected chi connectivity index (χ2v) is 22.8. The van der Waals surface area contributed by atoms with Gasteiger partial charge in [0, 0.05) is 38.8 Å². The van der Waals surface area contributed by atoms with Crippen molar-refractivity contribution >= 4 is 45.0 Å². The Kier molecular flexibility index (Phi) is 10.7. The number of pyridine rings is 1. The Hall–Kier alpha value is -8.42. The number of aryl methyl sites for hydroxylation is 1. The van der Waals surface area contributed by atoms with E-state index in [1.54, 1.807) is 52.1 Å². The molecule has 8 aromatic carbocycles. The maximum absolute atomic E-state index is 14.6. The highest BCUT2D eigenvalue weighted by molar-refractivity contribution is 6.09. The molecule has 0 N–H and O–H groups in total. The Balaban J connectivity index is 0.938. The van der Waals surface area contributed by atoms with Gasteiger partial charge < -0.3 is 9.57 Å². The van der Waals surface area contributed by atoms with Crippen LogP contribution in [0.1, 0.15) is 99.7 Å². The molecule has 0 saturated heterocycles. The summed E-state index contributed by atoms with van der Waals surface area (Å²) in [5, 5.41) is 2.41. The lowest BCUT2D eigenvalue weighted by molar-refractivity contribution is 0.138. The number of carbonyl (C=O) groups excluding carboxylic acids is 1. The van der Waals surface area contributed by atoms with Crippen LogP contribution in [0.15, 0.2) is 194 Å². The average molecular weight is 1010 g/mol. The molecule has 0 fully saturated rings. The van der Waals surface area contributed by atoms with E-state index in [4.69, 9.17) is 22.8 Å². The molecule has 380 valence electrons. The summed E-state index contributed by atoms with van der Waals surface area (Å²) in [7, 11) is 0. The minimum absolute atomic E-state index is 0.0297. The van der Waals surface area contributed by atoms with Crippen LogP contribution in [0.4, 0.5) is 21.9 Å². The maximum atomic E-state index is 14.6. The van der Waals surface area contributed by atoms with E-state index in [1.165, 1.54) is 28.3 Å². The molecular formula is C69H66N4O3. The second-order valence-electron chi connectivity index (χ2n) is 22.8. The number of hydrogen-bond donors (Lipinski definition) is 0. The van der Waals surface area contributed by atoms with Crippen LogP contribution in [-0.4, -0.2) is 22.2 Å². The molecule has 7 heteroatoms. The van der Waals surface area contributed by atoms with Crippen LogP contribution in [0.25, 0.3) is 61.0 Å². The predicted octanol–water partition coefficient (Wildman–Crippen LogP) is 18.4. The third-order valence-corrected chi connectivity index (χ3v) is 14.4. The summed E-state index contributed by atoms with van der Waals surface area (Å²) in [6, 6.07) is 51.6. The Morgan fingerprint density at radius 2 is 1.21 bits per heavy atom. The minimum atomic E-state index is -2.58. The fourth-order valence-electron chi connectivity index (χ4n) is 10.2. The highest BCUT2D eigenvalue weighted by atomic mass is 16.7. The SMILES string of the molecule is [2H]c1c([2H])c([2H])c2c(c1[2H])c1ccc(Oc3cccc(N4C(=O)ON(CCc5c(-c6ccccc6)cccc5-c5cc(C(C)(C)C)cc(C(C)(C)C)c5)c5ccccc54)c3)cc1n2-c1cc(C([2H])([2H])[2H])c(-c2ccc(C(C)(C)C)cc2)cn1. The number of anilines is 3. The molecular weight excluding hydrogens is 933 g/mol. The molecule has 2 aromatic heterocycles. The van der Waals surface area contributed by atoms with Gasteiger partial charge in [-0.2, -0.15) is 0 Å². The molecule has 1 amide bonds. The van der Waals surface area contributed by atoms with E-state index in [0.717, 1.165) is 33.4 Å². The number of hydrogen-bond acceptors (Lipinski definition) is 5. The van der Waals surface area contributed by atoms with Crippen LogP contribution in [0.5, 0.6) is 11.5 Å². The molecule has 11 rings (SSSR count). The first-order valence-electron chi connectivity index (χ1n) is 29.4. The van der Waals surface area contributed by atoms with Crippen molar-refractivity contribution in [1.29, 1.82) is 0 Å². The van der Waals surface area contributed by atoms with E-state index in [2.05, 4.69) is 123 Å². The van der Waals surface area contributed by atoms with E-state index >= 15 is 0 Å². The van der Waals surface area contributed by atoms with Gasteiger partial charge in [-0.25, -0.2) is 19.7 Å². The maximum Gasteiger partial charge on any atom is 0.443 e. The van der Waals surface area contributed by atoms with Gasteiger partial charge in [0.1, 0.15) is 17.3 Å². The Morgan fingerprint density at radius 3 is 1.92 bits per heavy atom. The lowest BCUT2D eigenvalue weighted by Gasteiger charge is -2.36. The molecule has 10 aromatic rings. The summed E-state index contributed by atoms with van der Waals surface area (Å²) in [6.45, 7) is 17.6. The molecule has 0 unspecified atom stereocenters. The third-order valence-electron chi connectivity index (χ3n) is 14.4. The quantitative estimate of drug-likeness (QED) is 0.137. The number of aromatic nitrogens is 2. The lowest BCUT2D eigenvalue weighted by Crippen LogP contribution is -2.41. The Bertz CT molecular complexity index is 4140. The number of fused-ring (bicyclic) bond motifs is 4. The number of hydroxylamine groups is 1. The standard InChI is InChI=1S/C69H66N4O3/c1-45-38-65(70-44-60(45)47-30-32-49(33-31-47)67(2,3)4)73-61-27-15-14-24-58(61)59-35-34-54(43-64(59)73)75-53-23-18-22-52(42-53)72-63-29-17-16-28-62(63)71(76-66(72)74)37-36-57-55(46-20-12-11-13-21-46)25-19-26-56(57)48-39-50(68(5,6)7)41-51(40-48)69(8,9)10/h11-35,38-44H,36-37H2,1-10H3/i1D3,14D,15D,24D,27D. The van der Waals surface area contributed by atoms with Crippen molar-refractivity contribution in [2.75, 3.05) is 16.5 Å². The molecule has 0 radical (unpaired) electrons. The molecule has 7 nitrogen and oxygen atoms in total. The average Bonchev–Trinajstić information content (AvgIpc) is 2.61. The van der Waals surface area contributed by atoms with Gasteiger partial charge in [-0.05, 0) is 134 Å². The molecule has 0 bridgehead atoms. The zero-order valence-corrected chi connectivity index (χ0v) is 44.6. The fourth-order valence-corrected chi connectivity index (χ4v) is 10.2. The van der Waals surface area contributed by atoms with Crippen LogP contribution in [0.3, 0.4) is 0 Å². The van der Waals surface area contributed by atoms with Crippen molar-refractivity contribution in [2.45, 2.75) is 91.8 Å². The van der Waals surface area contributed by atoms with Crippen LogP contribution in [0.2, 0.25) is 0 Å². The number of ether oxygens (including phenoxy) is 1. The van der Waals surface area contributed by atoms with E-state index in [9.17, 15) is 6.17 Å². The first kappa shape index (κ1) is 41.9. The van der Waals surface area contributed by atoms with Crippen LogP contribution in [-0.2, 0) is 27.5 Å². The Labute approximate surface area is 457 Å². The summed E-state index contributed by atoms with van der Waals surface area (Å²) >= 11 is 0. The summed E-state index contributed by atoms with van der Waals surface area (Å²) < 4.78 is 69.8. The van der Waals surface area contributed by atoms with E-state index in [1.807, 2.05) is 54.6 Å². The monoisotopic (exact) mass is 1010 g/mol. The zero-order valence-electron chi connectivity index (χ0n) is 51.6. The van der Waals surface area contributed by atoms with Gasteiger partial charge in [0.2, 0.25) is 0 Å². The largest absolute Gasteiger partial charge is 0.457 e. The van der Waals surface area contributed by atoms with E-state index < -0.39 is 25.0 Å². The highest BCUT2D eigenvalue weighted by Gasteiger charge is 2.33. The van der Waals surface area contributed by atoms with Gasteiger partial charge in [0.15, 0.2) is 0 Å². The smallest absolute Gasteiger partial charge is 0.443 e. The van der Waals surface area contributed by atoms with Gasteiger partial charge in [-0.3, -0.25) is 4.57 Å². The van der Waals surface area contributed by atoms with Crippen molar-refractivity contribution in [3.05, 3.63) is 222 Å². The molecule has 0 spiro atoms. The van der Waals surface area contributed by atoms with Gasteiger partial charge in [-0.1, -0.05) is 190 Å². The number of para-hydroxylation sites is 3. The van der Waals surface area contributed by atoms with E-state index in [-0.39, 0.29) is 50.6 Å². The summed E-state index contributed by atoms with van der Waals surface area (Å²) in [5.41, 5.74) is 12.4. The van der Waals surface area contributed by atoms with E-state index in [0.29, 0.717) is 63.6 Å². The van der Waals surface area contributed by atoms with Gasteiger partial charge in [0.05, 0.1) is 40.1 Å². The van der Waals surface area contributed by atoms with Crippen molar-refractivity contribution in [1.82, 2.24) is 9.55 Å². The summed E-state index contributed by atoms with van der Waals surface area (Å²) in [4.78, 5) is 27.2. The zero-order chi connectivity index (χ0) is 59.1. The predicted molar refractivity (Wildman–Crippen MR) is 315 cm³/mol. The number of carbonyl (C=O) groups is 1. The number of amides is 1. The normalized spacial score (nSPS) is 14.5. The number of nitrogens with zero attached hydrogens (tertiary/aromatic N) is 4. The highest BCUT2D eigenvalue weighted by Crippen LogP contribution is 2.43. The van der Waals surface area contributed by atoms with Gasteiger partial charge in [0.25, 0.3) is 0 Å². The van der Waals surface area contributed by atoms with Gasteiger partial charge >= 0.3 is 6.09 Å². The molecule has 1 aliphatic heterocycles. The molecule has 3 heterocycles.